The molecule has 3 rings (SSSR count). The smallest absolute Gasteiger partial charge is 0.279 e. The maximum absolute atomic E-state index is 12.5. The van der Waals surface area contributed by atoms with Crippen molar-refractivity contribution in [1.82, 2.24) is 24.6 Å². The van der Waals surface area contributed by atoms with E-state index in [0.717, 1.165) is 0 Å². The number of nitrogens with zero attached hydrogens (tertiary/aromatic N) is 4. The van der Waals surface area contributed by atoms with Crippen LogP contribution in [0.1, 0.15) is 10.5 Å². The summed E-state index contributed by atoms with van der Waals surface area (Å²) >= 11 is 0. The topological polar surface area (TPSA) is 91.0 Å². The van der Waals surface area contributed by atoms with Crippen molar-refractivity contribution in [1.29, 1.82) is 0 Å². The molecule has 0 aliphatic heterocycles. The first kappa shape index (κ1) is 15.9. The summed E-state index contributed by atoms with van der Waals surface area (Å²) in [6.45, 7) is 0.734. The van der Waals surface area contributed by atoms with Gasteiger partial charge in [0, 0.05) is 20.7 Å². The predicted octanol–water partition coefficient (Wildman–Crippen LogP) is 0.495. The van der Waals surface area contributed by atoms with Gasteiger partial charge in [-0.05, 0) is 12.1 Å². The Bertz CT molecular complexity index is 930. The van der Waals surface area contributed by atoms with Crippen LogP contribution in [0.5, 0.6) is 0 Å². The number of aryl methyl sites for hydroxylation is 1. The van der Waals surface area contributed by atoms with Crippen molar-refractivity contribution in [2.45, 2.75) is 0 Å². The van der Waals surface area contributed by atoms with Gasteiger partial charge in [0.1, 0.15) is 5.52 Å². The lowest BCUT2D eigenvalue weighted by atomic mass is 10.3. The van der Waals surface area contributed by atoms with Crippen LogP contribution in [0.2, 0.25) is 0 Å². The molecule has 0 spiro atoms. The summed E-state index contributed by atoms with van der Waals surface area (Å²) in [5.41, 5.74) is 1.07. The minimum Gasteiger partial charge on any atom is -0.383 e. The third-order valence-electron chi connectivity index (χ3n) is 3.55. The van der Waals surface area contributed by atoms with Gasteiger partial charge in [-0.3, -0.25) is 9.59 Å². The van der Waals surface area contributed by atoms with Gasteiger partial charge in [-0.15, -0.1) is 0 Å². The van der Waals surface area contributed by atoms with Crippen molar-refractivity contribution in [3.8, 4) is 5.69 Å². The average molecular weight is 327 g/mol. The van der Waals surface area contributed by atoms with Crippen LogP contribution in [0.25, 0.3) is 16.7 Å². The molecule has 0 fully saturated rings. The third kappa shape index (κ3) is 2.79. The number of benzene rings is 1. The Kier molecular flexibility index (Phi) is 4.39. The number of amides is 1. The maximum atomic E-state index is 12.5. The SMILES string of the molecule is COCCNC(=O)c1nn(-c2ccccc2)c2c(=O)n(C)cnc12. The monoisotopic (exact) mass is 327 g/mol. The minimum atomic E-state index is -0.396. The molecule has 2 heterocycles. The van der Waals surface area contributed by atoms with Crippen LogP contribution in [0.4, 0.5) is 0 Å². The van der Waals surface area contributed by atoms with Crippen LogP contribution >= 0.6 is 0 Å². The van der Waals surface area contributed by atoms with E-state index in [0.29, 0.717) is 18.8 Å². The van der Waals surface area contributed by atoms with Crippen molar-refractivity contribution < 1.29 is 9.53 Å². The molecule has 3 aromatic rings. The zero-order valence-corrected chi connectivity index (χ0v) is 13.4. The van der Waals surface area contributed by atoms with Crippen molar-refractivity contribution in [3.05, 3.63) is 52.7 Å². The number of carbonyl (C=O) groups is 1. The molecule has 0 bridgehead atoms. The van der Waals surface area contributed by atoms with Gasteiger partial charge in [-0.1, -0.05) is 18.2 Å². The molecule has 0 radical (unpaired) electrons. The lowest BCUT2D eigenvalue weighted by Crippen LogP contribution is -2.27. The first-order valence-corrected chi connectivity index (χ1v) is 7.40. The van der Waals surface area contributed by atoms with E-state index in [2.05, 4.69) is 15.4 Å². The molecule has 0 aliphatic rings. The summed E-state index contributed by atoms with van der Waals surface area (Å²) in [6.07, 6.45) is 1.38. The summed E-state index contributed by atoms with van der Waals surface area (Å²) in [7, 11) is 3.16. The number of carbonyl (C=O) groups excluding carboxylic acids is 1. The third-order valence-corrected chi connectivity index (χ3v) is 3.55. The summed E-state index contributed by atoms with van der Waals surface area (Å²) in [4.78, 5) is 29.1. The van der Waals surface area contributed by atoms with Crippen LogP contribution in [-0.2, 0) is 11.8 Å². The molecular formula is C16H17N5O3. The van der Waals surface area contributed by atoms with Crippen LogP contribution in [0.15, 0.2) is 41.5 Å². The molecule has 0 aliphatic carbocycles. The van der Waals surface area contributed by atoms with E-state index in [9.17, 15) is 9.59 Å². The quantitative estimate of drug-likeness (QED) is 0.689. The van der Waals surface area contributed by atoms with Crippen molar-refractivity contribution >= 4 is 16.9 Å². The van der Waals surface area contributed by atoms with E-state index < -0.39 is 5.91 Å². The Balaban J connectivity index is 2.17. The molecule has 0 unspecified atom stereocenters. The van der Waals surface area contributed by atoms with E-state index in [4.69, 9.17) is 4.74 Å². The number of hydrogen-bond acceptors (Lipinski definition) is 5. The van der Waals surface area contributed by atoms with Gasteiger partial charge in [-0.2, -0.15) is 5.10 Å². The van der Waals surface area contributed by atoms with Crippen molar-refractivity contribution in [3.63, 3.8) is 0 Å². The van der Waals surface area contributed by atoms with E-state index in [1.807, 2.05) is 30.3 Å². The minimum absolute atomic E-state index is 0.114. The van der Waals surface area contributed by atoms with E-state index in [1.165, 1.54) is 15.6 Å². The number of aromatic nitrogens is 4. The lowest BCUT2D eigenvalue weighted by Gasteiger charge is -2.02. The highest BCUT2D eigenvalue weighted by Gasteiger charge is 2.21. The number of methoxy groups -OCH3 is 1. The number of fused-ring (bicyclic) bond motifs is 1. The highest BCUT2D eigenvalue weighted by atomic mass is 16.5. The van der Waals surface area contributed by atoms with Gasteiger partial charge in [0.15, 0.2) is 11.2 Å². The lowest BCUT2D eigenvalue weighted by molar-refractivity contribution is 0.0933. The second kappa shape index (κ2) is 6.63. The van der Waals surface area contributed by atoms with Crippen LogP contribution < -0.4 is 10.9 Å². The van der Waals surface area contributed by atoms with Crippen LogP contribution in [-0.4, -0.2) is 45.5 Å². The Labute approximate surface area is 137 Å². The summed E-state index contributed by atoms with van der Waals surface area (Å²) in [5, 5.41) is 7.03. The highest BCUT2D eigenvalue weighted by molar-refractivity contribution is 6.03. The second-order valence-electron chi connectivity index (χ2n) is 5.20. The first-order chi connectivity index (χ1) is 11.6. The Morgan fingerprint density at radius 1 is 1.29 bits per heavy atom. The van der Waals surface area contributed by atoms with Gasteiger partial charge >= 0.3 is 0 Å². The second-order valence-corrected chi connectivity index (χ2v) is 5.20. The maximum Gasteiger partial charge on any atom is 0.279 e. The highest BCUT2D eigenvalue weighted by Crippen LogP contribution is 2.17. The average Bonchev–Trinajstić information content (AvgIpc) is 2.99. The van der Waals surface area contributed by atoms with Gasteiger partial charge in [-0.25, -0.2) is 9.67 Å². The molecule has 1 N–H and O–H groups in total. The molecule has 8 heteroatoms. The fraction of sp³-hybridized carbons (Fsp3) is 0.250. The number of para-hydroxylation sites is 1. The summed E-state index contributed by atoms with van der Waals surface area (Å²) in [5.74, 6) is -0.396. The van der Waals surface area contributed by atoms with E-state index in [-0.39, 0.29) is 22.3 Å². The largest absolute Gasteiger partial charge is 0.383 e. The van der Waals surface area contributed by atoms with Gasteiger partial charge < -0.3 is 14.6 Å². The van der Waals surface area contributed by atoms with Crippen molar-refractivity contribution in [2.75, 3.05) is 20.3 Å². The van der Waals surface area contributed by atoms with Crippen LogP contribution in [0.3, 0.4) is 0 Å². The predicted molar refractivity (Wildman–Crippen MR) is 88.3 cm³/mol. The molecular weight excluding hydrogens is 310 g/mol. The molecule has 1 amide bonds. The van der Waals surface area contributed by atoms with Gasteiger partial charge in [0.2, 0.25) is 0 Å². The fourth-order valence-corrected chi connectivity index (χ4v) is 2.35. The molecule has 2 aromatic heterocycles. The number of rotatable bonds is 5. The molecule has 8 nitrogen and oxygen atoms in total. The van der Waals surface area contributed by atoms with Gasteiger partial charge in [0.05, 0.1) is 18.6 Å². The first-order valence-electron chi connectivity index (χ1n) is 7.40. The van der Waals surface area contributed by atoms with Crippen molar-refractivity contribution in [2.24, 2.45) is 7.05 Å². The standard InChI is InChI=1S/C16H17N5O3/c1-20-10-18-12-13(15(22)17-8-9-24-2)19-21(14(12)16(20)23)11-6-4-3-5-7-11/h3-7,10H,8-9H2,1-2H3,(H,17,22). The summed E-state index contributed by atoms with van der Waals surface area (Å²) < 4.78 is 7.73. The van der Waals surface area contributed by atoms with Crippen LogP contribution in [0, 0.1) is 0 Å². The molecule has 124 valence electrons. The van der Waals surface area contributed by atoms with Gasteiger partial charge in [0.25, 0.3) is 11.5 Å². The number of ether oxygens (including phenoxy) is 1. The number of nitrogens with one attached hydrogen (secondary N) is 1. The van der Waals surface area contributed by atoms with E-state index >= 15 is 0 Å². The Morgan fingerprint density at radius 3 is 2.75 bits per heavy atom. The Morgan fingerprint density at radius 2 is 2.04 bits per heavy atom. The van der Waals surface area contributed by atoms with E-state index in [1.54, 1.807) is 14.2 Å². The fourth-order valence-electron chi connectivity index (χ4n) is 2.35. The molecule has 1 aromatic carbocycles. The summed E-state index contributed by atoms with van der Waals surface area (Å²) in [6, 6.07) is 9.16. The normalized spacial score (nSPS) is 10.9. The number of hydrogen-bond donors (Lipinski definition) is 1. The Hall–Kier alpha value is -3.00. The molecule has 0 atom stereocenters. The molecule has 0 saturated carbocycles. The zero-order valence-electron chi connectivity index (χ0n) is 13.4. The zero-order chi connectivity index (χ0) is 17.1. The molecule has 24 heavy (non-hydrogen) atoms. The molecule has 0 saturated heterocycles.